The van der Waals surface area contributed by atoms with Crippen LogP contribution in [0.3, 0.4) is 0 Å². The molecule has 2 unspecified atom stereocenters. The highest BCUT2D eigenvalue weighted by atomic mass is 16.5. The predicted octanol–water partition coefficient (Wildman–Crippen LogP) is 3.69. The minimum absolute atomic E-state index is 0.0932. The number of hydrogen-bond donors (Lipinski definition) is 1. The summed E-state index contributed by atoms with van der Waals surface area (Å²) in [6, 6.07) is 6.39. The van der Waals surface area contributed by atoms with E-state index in [0.29, 0.717) is 6.04 Å². The second-order valence-corrected chi connectivity index (χ2v) is 5.47. The number of benzene rings is 1. The number of hydrogen-bond acceptors (Lipinski definition) is 3. The first-order valence-electron chi connectivity index (χ1n) is 7.25. The van der Waals surface area contributed by atoms with Crippen molar-refractivity contribution in [2.75, 3.05) is 13.7 Å². The highest BCUT2D eigenvalue weighted by Gasteiger charge is 2.37. The summed E-state index contributed by atoms with van der Waals surface area (Å²) in [4.78, 5) is 0. The van der Waals surface area contributed by atoms with Crippen molar-refractivity contribution in [2.45, 2.75) is 51.7 Å². The summed E-state index contributed by atoms with van der Waals surface area (Å²) in [5.41, 5.74) is 1.08. The molecule has 19 heavy (non-hydrogen) atoms. The molecule has 2 atom stereocenters. The summed E-state index contributed by atoms with van der Waals surface area (Å²) in [5.74, 6) is 1.92. The Hall–Kier alpha value is -1.22. The molecule has 2 rings (SSSR count). The van der Waals surface area contributed by atoms with Gasteiger partial charge in [0.15, 0.2) is 0 Å². The fraction of sp³-hybridized carbons (Fsp3) is 0.625. The third-order valence-corrected chi connectivity index (χ3v) is 3.92. The van der Waals surface area contributed by atoms with E-state index >= 15 is 0 Å². The van der Waals surface area contributed by atoms with Crippen molar-refractivity contribution >= 4 is 0 Å². The zero-order valence-corrected chi connectivity index (χ0v) is 12.5. The maximum Gasteiger partial charge on any atom is 0.128 e. The molecule has 0 radical (unpaired) electrons. The van der Waals surface area contributed by atoms with Gasteiger partial charge in [-0.05, 0) is 38.9 Å². The molecule has 1 aliphatic rings. The molecule has 1 N–H and O–H groups in total. The van der Waals surface area contributed by atoms with Crippen LogP contribution in [0.1, 0.15) is 51.6 Å². The van der Waals surface area contributed by atoms with Gasteiger partial charge in [-0.2, -0.15) is 0 Å². The Labute approximate surface area is 116 Å². The van der Waals surface area contributed by atoms with Gasteiger partial charge in [-0.25, -0.2) is 0 Å². The van der Waals surface area contributed by atoms with Crippen molar-refractivity contribution in [2.24, 2.45) is 0 Å². The van der Waals surface area contributed by atoms with Gasteiger partial charge >= 0.3 is 0 Å². The average Bonchev–Trinajstić information content (AvgIpc) is 2.43. The molecule has 0 saturated carbocycles. The standard InChI is InChI=1S/C16H25NO2/c1-5-10-18-13-8-7-9-14-15(13)12(17-4)11-16(3,6-2)19-14/h7-9,12,17H,5-6,10-11H2,1-4H3. The van der Waals surface area contributed by atoms with Crippen molar-refractivity contribution in [1.82, 2.24) is 5.32 Å². The van der Waals surface area contributed by atoms with E-state index in [1.165, 1.54) is 5.56 Å². The summed E-state index contributed by atoms with van der Waals surface area (Å²) in [7, 11) is 2.01. The molecule has 1 aromatic carbocycles. The van der Waals surface area contributed by atoms with Crippen LogP contribution in [-0.2, 0) is 0 Å². The molecule has 0 aliphatic carbocycles. The van der Waals surface area contributed by atoms with Gasteiger partial charge < -0.3 is 14.8 Å². The summed E-state index contributed by atoms with van der Waals surface area (Å²) >= 11 is 0. The van der Waals surface area contributed by atoms with Gasteiger partial charge in [0.05, 0.1) is 12.2 Å². The third kappa shape index (κ3) is 2.86. The van der Waals surface area contributed by atoms with Crippen LogP contribution in [-0.4, -0.2) is 19.3 Å². The maximum absolute atomic E-state index is 6.20. The van der Waals surface area contributed by atoms with E-state index in [4.69, 9.17) is 9.47 Å². The monoisotopic (exact) mass is 263 g/mol. The van der Waals surface area contributed by atoms with Crippen molar-refractivity contribution in [3.8, 4) is 11.5 Å². The lowest BCUT2D eigenvalue weighted by atomic mass is 9.86. The summed E-state index contributed by atoms with van der Waals surface area (Å²) in [6.07, 6.45) is 2.99. The zero-order chi connectivity index (χ0) is 13.9. The van der Waals surface area contributed by atoms with Crippen LogP contribution in [0.15, 0.2) is 18.2 Å². The Morgan fingerprint density at radius 2 is 2.21 bits per heavy atom. The Morgan fingerprint density at radius 3 is 2.84 bits per heavy atom. The van der Waals surface area contributed by atoms with Gasteiger partial charge in [0.1, 0.15) is 17.1 Å². The molecule has 0 saturated heterocycles. The van der Waals surface area contributed by atoms with Crippen LogP contribution in [0.5, 0.6) is 11.5 Å². The van der Waals surface area contributed by atoms with Gasteiger partial charge in [0.25, 0.3) is 0 Å². The lowest BCUT2D eigenvalue weighted by Crippen LogP contribution is -2.40. The van der Waals surface area contributed by atoms with Gasteiger partial charge in [0.2, 0.25) is 0 Å². The molecule has 0 fully saturated rings. The molecule has 106 valence electrons. The Morgan fingerprint density at radius 1 is 1.42 bits per heavy atom. The fourth-order valence-electron chi connectivity index (χ4n) is 2.60. The topological polar surface area (TPSA) is 30.5 Å². The first kappa shape index (κ1) is 14.2. The lowest BCUT2D eigenvalue weighted by molar-refractivity contribution is 0.0441. The van der Waals surface area contributed by atoms with Gasteiger partial charge in [-0.3, -0.25) is 0 Å². The molecule has 0 amide bonds. The molecule has 0 aromatic heterocycles. The smallest absolute Gasteiger partial charge is 0.128 e. The highest BCUT2D eigenvalue weighted by molar-refractivity contribution is 5.48. The number of ether oxygens (including phenoxy) is 2. The van der Waals surface area contributed by atoms with E-state index in [-0.39, 0.29) is 5.60 Å². The summed E-state index contributed by atoms with van der Waals surface area (Å²) in [5, 5.41) is 3.41. The molecule has 3 heteroatoms. The average molecular weight is 263 g/mol. The molecular formula is C16H25NO2. The van der Waals surface area contributed by atoms with Crippen LogP contribution in [0.25, 0.3) is 0 Å². The third-order valence-electron chi connectivity index (χ3n) is 3.92. The number of nitrogens with one attached hydrogen (secondary N) is 1. The first-order chi connectivity index (χ1) is 9.13. The van der Waals surface area contributed by atoms with E-state index in [1.54, 1.807) is 0 Å². The van der Waals surface area contributed by atoms with E-state index < -0.39 is 0 Å². The van der Waals surface area contributed by atoms with Crippen molar-refractivity contribution < 1.29 is 9.47 Å². The second kappa shape index (κ2) is 5.83. The molecule has 3 nitrogen and oxygen atoms in total. The molecule has 0 bridgehead atoms. The molecule has 1 aliphatic heterocycles. The Kier molecular flexibility index (Phi) is 4.35. The van der Waals surface area contributed by atoms with E-state index in [0.717, 1.165) is 37.4 Å². The van der Waals surface area contributed by atoms with Gasteiger partial charge in [-0.1, -0.05) is 19.9 Å². The minimum Gasteiger partial charge on any atom is -0.493 e. The summed E-state index contributed by atoms with van der Waals surface area (Å²) < 4.78 is 12.1. The van der Waals surface area contributed by atoms with Crippen molar-refractivity contribution in [1.29, 1.82) is 0 Å². The molecule has 0 spiro atoms. The lowest BCUT2D eigenvalue weighted by Gasteiger charge is -2.40. The summed E-state index contributed by atoms with van der Waals surface area (Å²) in [6.45, 7) is 7.22. The zero-order valence-electron chi connectivity index (χ0n) is 12.5. The maximum atomic E-state index is 6.20. The van der Waals surface area contributed by atoms with Crippen LogP contribution in [0.4, 0.5) is 0 Å². The van der Waals surface area contributed by atoms with Gasteiger partial charge in [-0.15, -0.1) is 0 Å². The predicted molar refractivity (Wildman–Crippen MR) is 78.0 cm³/mol. The van der Waals surface area contributed by atoms with E-state index in [2.05, 4.69) is 26.1 Å². The van der Waals surface area contributed by atoms with Crippen molar-refractivity contribution in [3.63, 3.8) is 0 Å². The highest BCUT2D eigenvalue weighted by Crippen LogP contribution is 2.45. The van der Waals surface area contributed by atoms with Crippen LogP contribution in [0.2, 0.25) is 0 Å². The normalized spacial score (nSPS) is 25.6. The van der Waals surface area contributed by atoms with Crippen LogP contribution in [0, 0.1) is 0 Å². The Balaban J connectivity index is 2.37. The molecular weight excluding hydrogens is 238 g/mol. The molecule has 1 heterocycles. The molecule has 1 aromatic rings. The number of rotatable bonds is 5. The van der Waals surface area contributed by atoms with Crippen molar-refractivity contribution in [3.05, 3.63) is 23.8 Å². The van der Waals surface area contributed by atoms with Gasteiger partial charge in [0, 0.05) is 12.5 Å². The SMILES string of the molecule is CCCOc1cccc2c1C(NC)CC(C)(CC)O2. The van der Waals surface area contributed by atoms with E-state index in [1.807, 2.05) is 25.2 Å². The van der Waals surface area contributed by atoms with Crippen LogP contribution >= 0.6 is 0 Å². The largest absolute Gasteiger partial charge is 0.493 e. The number of fused-ring (bicyclic) bond motifs is 1. The quantitative estimate of drug-likeness (QED) is 0.879. The fourth-order valence-corrected chi connectivity index (χ4v) is 2.60. The van der Waals surface area contributed by atoms with Crippen LogP contribution < -0.4 is 14.8 Å². The minimum atomic E-state index is -0.0932. The second-order valence-electron chi connectivity index (χ2n) is 5.47. The van der Waals surface area contributed by atoms with E-state index in [9.17, 15) is 0 Å². The Bertz CT molecular complexity index is 433. The first-order valence-corrected chi connectivity index (χ1v) is 7.25.